The molecule has 102 valence electrons. The van der Waals surface area contributed by atoms with Crippen molar-refractivity contribution in [3.8, 4) is 11.5 Å². The van der Waals surface area contributed by atoms with Crippen LogP contribution in [0, 0.1) is 6.92 Å². The van der Waals surface area contributed by atoms with Crippen LogP contribution >= 0.6 is 11.8 Å². The lowest BCUT2D eigenvalue weighted by Crippen LogP contribution is -1.94. The van der Waals surface area contributed by atoms with Gasteiger partial charge in [-0.1, -0.05) is 34.6 Å². The van der Waals surface area contributed by atoms with Gasteiger partial charge in [-0.05, 0) is 29.5 Å². The molecule has 0 N–H and O–H groups in total. The minimum atomic E-state index is 0.528. The summed E-state index contributed by atoms with van der Waals surface area (Å²) in [6, 6.07) is 7.95. The van der Waals surface area contributed by atoms with Crippen LogP contribution in [-0.4, -0.2) is 30.3 Å². The largest absolute Gasteiger partial charge is 0.334 e. The summed E-state index contributed by atoms with van der Waals surface area (Å²) in [6.07, 6.45) is 0. The van der Waals surface area contributed by atoms with Crippen molar-refractivity contribution in [1.82, 2.24) is 30.3 Å². The molecule has 0 fully saturated rings. The molecule has 0 aliphatic heterocycles. The lowest BCUT2D eigenvalue weighted by Gasteiger charge is -1.95. The Bertz CT molecular complexity index is 722. The molecule has 0 saturated carbocycles. The Labute approximate surface area is 119 Å². The monoisotopic (exact) mass is 288 g/mol. The van der Waals surface area contributed by atoms with E-state index in [0.29, 0.717) is 22.6 Å². The summed E-state index contributed by atoms with van der Waals surface area (Å²) in [7, 11) is 1.79. The van der Waals surface area contributed by atoms with Gasteiger partial charge in [0.25, 0.3) is 5.89 Å². The van der Waals surface area contributed by atoms with Gasteiger partial charge in [-0.3, -0.25) is 0 Å². The van der Waals surface area contributed by atoms with E-state index in [0.717, 1.165) is 11.1 Å². The number of nitrogens with zero attached hydrogens (tertiary/aromatic N) is 6. The van der Waals surface area contributed by atoms with Crippen LogP contribution in [0.2, 0.25) is 0 Å². The van der Waals surface area contributed by atoms with E-state index in [-0.39, 0.29) is 0 Å². The van der Waals surface area contributed by atoms with Crippen molar-refractivity contribution < 1.29 is 4.52 Å². The van der Waals surface area contributed by atoms with Crippen molar-refractivity contribution in [1.29, 1.82) is 0 Å². The van der Waals surface area contributed by atoms with Crippen LogP contribution in [0.15, 0.2) is 33.9 Å². The maximum Gasteiger partial charge on any atom is 0.257 e. The Kier molecular flexibility index (Phi) is 3.46. The first-order valence-corrected chi connectivity index (χ1v) is 6.96. The Morgan fingerprint density at radius 1 is 1.35 bits per heavy atom. The molecule has 0 atom stereocenters. The van der Waals surface area contributed by atoms with Crippen LogP contribution in [0.3, 0.4) is 0 Å². The van der Waals surface area contributed by atoms with Gasteiger partial charge in [-0.25, -0.2) is 4.68 Å². The predicted molar refractivity (Wildman–Crippen MR) is 72.8 cm³/mol. The highest BCUT2D eigenvalue weighted by Gasteiger charge is 2.11. The topological polar surface area (TPSA) is 82.5 Å². The molecule has 1 aromatic carbocycles. The Morgan fingerprint density at radius 3 is 3.00 bits per heavy atom. The van der Waals surface area contributed by atoms with E-state index in [2.05, 4.69) is 25.7 Å². The van der Waals surface area contributed by atoms with Crippen LogP contribution in [0.25, 0.3) is 11.5 Å². The predicted octanol–water partition coefficient (Wildman–Crippen LogP) is 1.86. The number of rotatable bonds is 4. The van der Waals surface area contributed by atoms with Crippen molar-refractivity contribution >= 4 is 11.8 Å². The molecule has 0 radical (unpaired) electrons. The summed E-state index contributed by atoms with van der Waals surface area (Å²) < 4.78 is 6.88. The van der Waals surface area contributed by atoms with Gasteiger partial charge in [-0.15, -0.1) is 5.10 Å². The van der Waals surface area contributed by atoms with Crippen molar-refractivity contribution in [2.75, 3.05) is 0 Å². The standard InChI is InChI=1S/C12H12N6OS/c1-8-4-3-5-9(6-8)11-13-10(15-19-11)7-20-12-14-16-17-18(12)2/h3-6H,7H2,1-2H3. The summed E-state index contributed by atoms with van der Waals surface area (Å²) in [6.45, 7) is 2.03. The van der Waals surface area contributed by atoms with E-state index in [1.807, 2.05) is 31.2 Å². The van der Waals surface area contributed by atoms with Gasteiger partial charge in [0.1, 0.15) is 0 Å². The molecule has 0 bridgehead atoms. The molecule has 0 spiro atoms. The molecule has 0 amide bonds. The summed E-state index contributed by atoms with van der Waals surface area (Å²) >= 11 is 1.46. The van der Waals surface area contributed by atoms with Gasteiger partial charge < -0.3 is 4.52 Å². The van der Waals surface area contributed by atoms with Crippen molar-refractivity contribution in [2.24, 2.45) is 7.05 Å². The number of hydrogen-bond acceptors (Lipinski definition) is 7. The van der Waals surface area contributed by atoms with Gasteiger partial charge in [0.05, 0.1) is 5.75 Å². The SMILES string of the molecule is Cc1cccc(-c2nc(CSc3nnnn3C)no2)c1. The smallest absolute Gasteiger partial charge is 0.257 e. The minimum Gasteiger partial charge on any atom is -0.334 e. The molecular weight excluding hydrogens is 276 g/mol. The molecule has 8 heteroatoms. The Morgan fingerprint density at radius 2 is 2.25 bits per heavy atom. The van der Waals surface area contributed by atoms with Gasteiger partial charge in [0.2, 0.25) is 5.16 Å². The molecule has 0 unspecified atom stereocenters. The molecule has 2 aromatic heterocycles. The molecule has 2 heterocycles. The van der Waals surface area contributed by atoms with Crippen LogP contribution in [0.1, 0.15) is 11.4 Å². The van der Waals surface area contributed by atoms with E-state index in [1.54, 1.807) is 11.7 Å². The number of tetrazole rings is 1. The average Bonchev–Trinajstić information content (AvgIpc) is 3.05. The third kappa shape index (κ3) is 2.69. The second kappa shape index (κ2) is 5.41. The Hall–Kier alpha value is -2.22. The molecule has 3 rings (SSSR count). The molecule has 20 heavy (non-hydrogen) atoms. The summed E-state index contributed by atoms with van der Waals surface area (Å²) in [5, 5.41) is 15.9. The van der Waals surface area contributed by atoms with E-state index < -0.39 is 0 Å². The number of aromatic nitrogens is 6. The van der Waals surface area contributed by atoms with Gasteiger partial charge in [0.15, 0.2) is 5.82 Å². The molecule has 3 aromatic rings. The highest BCUT2D eigenvalue weighted by Crippen LogP contribution is 2.21. The van der Waals surface area contributed by atoms with E-state index in [1.165, 1.54) is 11.8 Å². The van der Waals surface area contributed by atoms with Gasteiger partial charge in [-0.2, -0.15) is 4.98 Å². The highest BCUT2D eigenvalue weighted by molar-refractivity contribution is 7.98. The minimum absolute atomic E-state index is 0.528. The first kappa shape index (κ1) is 12.8. The van der Waals surface area contributed by atoms with E-state index >= 15 is 0 Å². The van der Waals surface area contributed by atoms with E-state index in [9.17, 15) is 0 Å². The molecule has 7 nitrogen and oxygen atoms in total. The first-order chi connectivity index (χ1) is 9.72. The highest BCUT2D eigenvalue weighted by atomic mass is 32.2. The number of benzene rings is 1. The second-order valence-corrected chi connectivity index (χ2v) is 5.20. The third-order valence-corrected chi connectivity index (χ3v) is 3.65. The molecular formula is C12H12N6OS. The zero-order valence-electron chi connectivity index (χ0n) is 11.0. The van der Waals surface area contributed by atoms with Crippen LogP contribution in [0.5, 0.6) is 0 Å². The van der Waals surface area contributed by atoms with Crippen molar-refractivity contribution in [3.05, 3.63) is 35.7 Å². The van der Waals surface area contributed by atoms with Crippen LogP contribution < -0.4 is 0 Å². The fourth-order valence-electron chi connectivity index (χ4n) is 1.68. The summed E-state index contributed by atoms with van der Waals surface area (Å²) in [4.78, 5) is 4.37. The van der Waals surface area contributed by atoms with Crippen LogP contribution in [0.4, 0.5) is 0 Å². The summed E-state index contributed by atoms with van der Waals surface area (Å²) in [5.74, 6) is 1.71. The maximum atomic E-state index is 5.27. The normalized spacial score (nSPS) is 10.9. The summed E-state index contributed by atoms with van der Waals surface area (Å²) in [5.41, 5.74) is 2.08. The first-order valence-electron chi connectivity index (χ1n) is 5.97. The lowest BCUT2D eigenvalue weighted by molar-refractivity contribution is 0.425. The van der Waals surface area contributed by atoms with Crippen LogP contribution in [-0.2, 0) is 12.8 Å². The molecule has 0 aliphatic rings. The molecule has 0 saturated heterocycles. The zero-order valence-corrected chi connectivity index (χ0v) is 11.8. The van der Waals surface area contributed by atoms with E-state index in [4.69, 9.17) is 4.52 Å². The fourth-order valence-corrected chi connectivity index (χ4v) is 2.37. The number of thioether (sulfide) groups is 1. The Balaban J connectivity index is 1.72. The number of aryl methyl sites for hydroxylation is 2. The second-order valence-electron chi connectivity index (χ2n) is 4.26. The number of hydrogen-bond donors (Lipinski definition) is 0. The van der Waals surface area contributed by atoms with Gasteiger partial charge >= 0.3 is 0 Å². The fraction of sp³-hybridized carbons (Fsp3) is 0.250. The lowest BCUT2D eigenvalue weighted by atomic mass is 10.1. The molecule has 0 aliphatic carbocycles. The maximum absolute atomic E-state index is 5.27. The quantitative estimate of drug-likeness (QED) is 0.677. The van der Waals surface area contributed by atoms with Crippen molar-refractivity contribution in [2.45, 2.75) is 17.8 Å². The van der Waals surface area contributed by atoms with Gasteiger partial charge in [0, 0.05) is 12.6 Å². The average molecular weight is 288 g/mol. The zero-order chi connectivity index (χ0) is 13.9. The third-order valence-electron chi connectivity index (χ3n) is 2.64. The van der Waals surface area contributed by atoms with Crippen molar-refractivity contribution in [3.63, 3.8) is 0 Å².